The second-order valence-corrected chi connectivity index (χ2v) is 6.21. The van der Waals surface area contributed by atoms with Crippen LogP contribution in [0.2, 0.25) is 0 Å². The Morgan fingerprint density at radius 1 is 1.30 bits per heavy atom. The van der Waals surface area contributed by atoms with Crippen LogP contribution >= 0.6 is 0 Å². The zero-order valence-corrected chi connectivity index (χ0v) is 12.5. The van der Waals surface area contributed by atoms with E-state index in [1.54, 1.807) is 12.1 Å². The van der Waals surface area contributed by atoms with Crippen LogP contribution in [0.1, 0.15) is 35.8 Å². The molecule has 1 aliphatic carbocycles. The molecule has 1 aliphatic rings. The van der Waals surface area contributed by atoms with Crippen LogP contribution in [0, 0.1) is 5.82 Å². The summed E-state index contributed by atoms with van der Waals surface area (Å²) in [5.74, 6) is -1.38. The molecular formula is C17H14FN3O2. The van der Waals surface area contributed by atoms with Gasteiger partial charge < -0.3 is 5.11 Å². The zero-order chi connectivity index (χ0) is 16.2. The molecule has 2 heterocycles. The molecule has 2 aromatic heterocycles. The quantitative estimate of drug-likeness (QED) is 0.806. The molecule has 5 nitrogen and oxygen atoms in total. The number of halogens is 1. The predicted octanol–water partition coefficient (Wildman–Crippen LogP) is 3.29. The number of aromatic nitrogens is 3. The molecule has 0 radical (unpaired) electrons. The maximum atomic E-state index is 13.1. The monoisotopic (exact) mass is 311 g/mol. The Labute approximate surface area is 131 Å². The van der Waals surface area contributed by atoms with Crippen molar-refractivity contribution in [2.45, 2.75) is 25.2 Å². The van der Waals surface area contributed by atoms with Gasteiger partial charge in [-0.1, -0.05) is 6.92 Å². The lowest BCUT2D eigenvalue weighted by atomic mass is 9.98. The maximum Gasteiger partial charge on any atom is 0.356 e. The molecule has 0 amide bonds. The summed E-state index contributed by atoms with van der Waals surface area (Å²) in [7, 11) is 0. The molecule has 3 aromatic rings. The molecule has 1 fully saturated rings. The first-order valence-corrected chi connectivity index (χ1v) is 7.36. The van der Waals surface area contributed by atoms with Crippen molar-refractivity contribution in [1.29, 1.82) is 0 Å². The summed E-state index contributed by atoms with van der Waals surface area (Å²) in [4.78, 5) is 15.4. The van der Waals surface area contributed by atoms with Gasteiger partial charge in [-0.3, -0.25) is 0 Å². The number of aromatic carboxylic acids is 1. The standard InChI is InChI=1S/C17H14FN3O2/c1-17(6-7-17)12-8-13(10-2-4-11(18)5-3-10)20-21-9-14(16(22)23)19-15(12)21/h2-5,8-9H,6-7H2,1H3,(H,22,23). The first-order chi connectivity index (χ1) is 11.0. The summed E-state index contributed by atoms with van der Waals surface area (Å²) in [5.41, 5.74) is 2.99. The lowest BCUT2D eigenvalue weighted by Crippen LogP contribution is -2.06. The molecule has 4 rings (SSSR count). The molecule has 1 aromatic carbocycles. The number of rotatable bonds is 3. The summed E-state index contributed by atoms with van der Waals surface area (Å²) in [6.45, 7) is 2.13. The molecule has 116 valence electrons. The van der Waals surface area contributed by atoms with Crippen molar-refractivity contribution in [2.24, 2.45) is 0 Å². The molecule has 1 saturated carbocycles. The van der Waals surface area contributed by atoms with Gasteiger partial charge in [0.25, 0.3) is 0 Å². The molecule has 0 spiro atoms. The van der Waals surface area contributed by atoms with E-state index < -0.39 is 5.97 Å². The second-order valence-electron chi connectivity index (χ2n) is 6.21. The Balaban J connectivity index is 1.96. The largest absolute Gasteiger partial charge is 0.476 e. The molecule has 6 heteroatoms. The highest BCUT2D eigenvalue weighted by molar-refractivity contribution is 5.86. The highest BCUT2D eigenvalue weighted by Gasteiger charge is 2.41. The Morgan fingerprint density at radius 2 is 2.00 bits per heavy atom. The number of nitrogens with zero attached hydrogens (tertiary/aromatic N) is 3. The fourth-order valence-electron chi connectivity index (χ4n) is 2.74. The van der Waals surface area contributed by atoms with Gasteiger partial charge in [0.05, 0.1) is 11.9 Å². The van der Waals surface area contributed by atoms with Crippen LogP contribution in [-0.4, -0.2) is 25.7 Å². The van der Waals surface area contributed by atoms with E-state index >= 15 is 0 Å². The summed E-state index contributed by atoms with van der Waals surface area (Å²) in [5, 5.41) is 13.6. The highest BCUT2D eigenvalue weighted by atomic mass is 19.1. The molecule has 0 unspecified atom stereocenters. The number of hydrogen-bond donors (Lipinski definition) is 1. The second kappa shape index (κ2) is 4.62. The van der Waals surface area contributed by atoms with Gasteiger partial charge in [0.1, 0.15) is 5.82 Å². The van der Waals surface area contributed by atoms with Crippen molar-refractivity contribution in [3.05, 3.63) is 53.6 Å². The molecule has 1 N–H and O–H groups in total. The van der Waals surface area contributed by atoms with Gasteiger partial charge in [-0.2, -0.15) is 5.10 Å². The Hall–Kier alpha value is -2.76. The highest BCUT2D eigenvalue weighted by Crippen LogP contribution is 2.49. The molecular weight excluding hydrogens is 297 g/mol. The minimum absolute atomic E-state index is 0.0000963. The summed E-state index contributed by atoms with van der Waals surface area (Å²) in [6.07, 6.45) is 3.48. The molecule has 0 aliphatic heterocycles. The van der Waals surface area contributed by atoms with E-state index in [0.29, 0.717) is 11.3 Å². The van der Waals surface area contributed by atoms with Crippen molar-refractivity contribution in [2.75, 3.05) is 0 Å². The van der Waals surface area contributed by atoms with Gasteiger partial charge in [0, 0.05) is 11.1 Å². The average molecular weight is 311 g/mol. The topological polar surface area (TPSA) is 67.5 Å². The van der Waals surface area contributed by atoms with Gasteiger partial charge >= 0.3 is 5.97 Å². The molecule has 0 saturated heterocycles. The van der Waals surface area contributed by atoms with Crippen LogP contribution in [0.5, 0.6) is 0 Å². The van der Waals surface area contributed by atoms with Crippen LogP contribution in [0.25, 0.3) is 16.9 Å². The van der Waals surface area contributed by atoms with Crippen LogP contribution in [0.15, 0.2) is 36.5 Å². The zero-order valence-electron chi connectivity index (χ0n) is 12.5. The van der Waals surface area contributed by atoms with Crippen LogP contribution in [0.4, 0.5) is 4.39 Å². The van der Waals surface area contributed by atoms with E-state index in [2.05, 4.69) is 17.0 Å². The van der Waals surface area contributed by atoms with Crippen molar-refractivity contribution in [1.82, 2.24) is 14.6 Å². The third-order valence-electron chi connectivity index (χ3n) is 4.43. The first-order valence-electron chi connectivity index (χ1n) is 7.36. The van der Waals surface area contributed by atoms with E-state index in [1.807, 2.05) is 6.07 Å². The number of benzene rings is 1. The number of carbonyl (C=O) groups is 1. The first kappa shape index (κ1) is 13.9. The third-order valence-corrected chi connectivity index (χ3v) is 4.43. The summed E-state index contributed by atoms with van der Waals surface area (Å²) < 4.78 is 14.6. The van der Waals surface area contributed by atoms with Crippen molar-refractivity contribution >= 4 is 11.6 Å². The average Bonchev–Trinajstić information content (AvgIpc) is 3.12. The van der Waals surface area contributed by atoms with Gasteiger partial charge in [0.15, 0.2) is 11.3 Å². The maximum absolute atomic E-state index is 13.1. The van der Waals surface area contributed by atoms with Gasteiger partial charge in [-0.05, 0) is 48.6 Å². The molecule has 23 heavy (non-hydrogen) atoms. The van der Waals surface area contributed by atoms with E-state index in [1.165, 1.54) is 22.8 Å². The van der Waals surface area contributed by atoms with Gasteiger partial charge in [0.2, 0.25) is 0 Å². The SMILES string of the molecule is CC1(c2cc(-c3ccc(F)cc3)nn3cc(C(=O)O)nc23)CC1. The van der Waals surface area contributed by atoms with E-state index in [-0.39, 0.29) is 16.9 Å². The van der Waals surface area contributed by atoms with Gasteiger partial charge in [-0.25, -0.2) is 18.7 Å². The number of hydrogen-bond acceptors (Lipinski definition) is 3. The van der Waals surface area contributed by atoms with Crippen LogP contribution in [0.3, 0.4) is 0 Å². The molecule has 0 bridgehead atoms. The van der Waals surface area contributed by atoms with E-state index in [9.17, 15) is 9.18 Å². The van der Waals surface area contributed by atoms with Crippen molar-refractivity contribution in [3.63, 3.8) is 0 Å². The van der Waals surface area contributed by atoms with Gasteiger partial charge in [-0.15, -0.1) is 0 Å². The molecule has 0 atom stereocenters. The van der Waals surface area contributed by atoms with E-state index in [4.69, 9.17) is 5.11 Å². The lowest BCUT2D eigenvalue weighted by molar-refractivity contribution is 0.0691. The fourth-order valence-corrected chi connectivity index (χ4v) is 2.74. The lowest BCUT2D eigenvalue weighted by Gasteiger charge is -2.12. The van der Waals surface area contributed by atoms with Crippen molar-refractivity contribution in [3.8, 4) is 11.3 Å². The number of carboxylic acids is 1. The number of fused-ring (bicyclic) bond motifs is 1. The Bertz CT molecular complexity index is 927. The smallest absolute Gasteiger partial charge is 0.356 e. The normalized spacial score (nSPS) is 15.7. The number of carboxylic acid groups (broad SMARTS) is 1. The Kier molecular flexibility index (Phi) is 2.78. The summed E-state index contributed by atoms with van der Waals surface area (Å²) in [6, 6.07) is 8.04. The fraction of sp³-hybridized carbons (Fsp3) is 0.235. The van der Waals surface area contributed by atoms with Crippen molar-refractivity contribution < 1.29 is 14.3 Å². The Morgan fingerprint density at radius 3 is 2.61 bits per heavy atom. The minimum Gasteiger partial charge on any atom is -0.476 e. The predicted molar refractivity (Wildman–Crippen MR) is 81.9 cm³/mol. The van der Waals surface area contributed by atoms with Crippen LogP contribution < -0.4 is 0 Å². The minimum atomic E-state index is -1.08. The third kappa shape index (κ3) is 2.27. The van der Waals surface area contributed by atoms with Crippen LogP contribution in [-0.2, 0) is 5.41 Å². The number of imidazole rings is 1. The van der Waals surface area contributed by atoms with E-state index in [0.717, 1.165) is 24.0 Å². The summed E-state index contributed by atoms with van der Waals surface area (Å²) >= 11 is 0.